The molecule has 0 bridgehead atoms. The molecule has 1 atom stereocenters. The molecule has 1 aliphatic heterocycles. The number of rotatable bonds is 5. The summed E-state index contributed by atoms with van der Waals surface area (Å²) in [5.41, 5.74) is 6.88. The van der Waals surface area contributed by atoms with E-state index in [1.807, 2.05) is 19.1 Å². The van der Waals surface area contributed by atoms with E-state index < -0.39 is 0 Å². The zero-order chi connectivity index (χ0) is 12.8. The van der Waals surface area contributed by atoms with Gasteiger partial charge in [-0.3, -0.25) is 4.90 Å². The van der Waals surface area contributed by atoms with E-state index in [0.29, 0.717) is 12.5 Å². The van der Waals surface area contributed by atoms with Crippen molar-refractivity contribution in [3.63, 3.8) is 0 Å². The first-order valence-electron chi connectivity index (χ1n) is 6.83. The van der Waals surface area contributed by atoms with Crippen molar-refractivity contribution < 1.29 is 4.74 Å². The van der Waals surface area contributed by atoms with E-state index in [1.54, 1.807) is 6.20 Å². The highest BCUT2D eigenvalue weighted by Gasteiger charge is 2.11. The van der Waals surface area contributed by atoms with E-state index in [1.165, 1.54) is 32.4 Å². The van der Waals surface area contributed by atoms with Crippen molar-refractivity contribution in [3.05, 3.63) is 23.9 Å². The molecule has 18 heavy (non-hydrogen) atoms. The van der Waals surface area contributed by atoms with Gasteiger partial charge in [0.25, 0.3) is 0 Å². The summed E-state index contributed by atoms with van der Waals surface area (Å²) in [5, 5.41) is 0. The molecule has 2 N–H and O–H groups in total. The van der Waals surface area contributed by atoms with Crippen molar-refractivity contribution in [1.82, 2.24) is 9.88 Å². The Balaban J connectivity index is 1.82. The van der Waals surface area contributed by atoms with Gasteiger partial charge < -0.3 is 10.5 Å². The molecular weight excluding hydrogens is 226 g/mol. The van der Waals surface area contributed by atoms with Crippen LogP contribution in [0, 0.1) is 0 Å². The lowest BCUT2D eigenvalue weighted by atomic mass is 10.1. The Bertz CT molecular complexity index is 362. The minimum absolute atomic E-state index is 0.0383. The normalized spacial score (nSPS) is 18.6. The number of piperidine rings is 1. The molecule has 0 radical (unpaired) electrons. The quantitative estimate of drug-likeness (QED) is 0.866. The molecule has 0 amide bonds. The second-order valence-corrected chi connectivity index (χ2v) is 4.94. The lowest BCUT2D eigenvalue weighted by Crippen LogP contribution is -2.33. The monoisotopic (exact) mass is 249 g/mol. The van der Waals surface area contributed by atoms with E-state index in [2.05, 4.69) is 9.88 Å². The van der Waals surface area contributed by atoms with Crippen LogP contribution in [-0.4, -0.2) is 36.1 Å². The number of nitrogens with two attached hydrogens (primary N) is 1. The summed E-state index contributed by atoms with van der Waals surface area (Å²) in [7, 11) is 0. The Hall–Kier alpha value is -1.13. The van der Waals surface area contributed by atoms with Gasteiger partial charge in [0.2, 0.25) is 5.88 Å². The number of pyridine rings is 1. The van der Waals surface area contributed by atoms with Crippen LogP contribution in [0.2, 0.25) is 0 Å². The van der Waals surface area contributed by atoms with E-state index in [0.717, 1.165) is 12.1 Å². The van der Waals surface area contributed by atoms with Gasteiger partial charge in [-0.25, -0.2) is 4.98 Å². The summed E-state index contributed by atoms with van der Waals surface area (Å²) >= 11 is 0. The molecule has 0 unspecified atom stereocenters. The zero-order valence-electron chi connectivity index (χ0n) is 11.1. The van der Waals surface area contributed by atoms with Crippen LogP contribution in [0.15, 0.2) is 18.3 Å². The van der Waals surface area contributed by atoms with Crippen LogP contribution < -0.4 is 10.5 Å². The lowest BCUT2D eigenvalue weighted by molar-refractivity contribution is 0.179. The first-order chi connectivity index (χ1) is 8.77. The standard InChI is InChI=1S/C14H23N3O/c1-12(15)13-6-5-7-16-14(13)18-11-10-17-8-3-2-4-9-17/h5-7,12H,2-4,8-11,15H2,1H3/t12-/m1/s1. The number of hydrogen-bond acceptors (Lipinski definition) is 4. The molecule has 0 aromatic carbocycles. The maximum Gasteiger partial charge on any atom is 0.218 e. The van der Waals surface area contributed by atoms with Gasteiger partial charge >= 0.3 is 0 Å². The minimum Gasteiger partial charge on any atom is -0.476 e. The van der Waals surface area contributed by atoms with Crippen LogP contribution in [-0.2, 0) is 0 Å². The average Bonchev–Trinajstić information content (AvgIpc) is 2.40. The molecule has 1 aromatic heterocycles. The summed E-state index contributed by atoms with van der Waals surface area (Å²) < 4.78 is 5.77. The second kappa shape index (κ2) is 6.71. The fourth-order valence-electron chi connectivity index (χ4n) is 2.32. The number of likely N-dealkylation sites (tertiary alicyclic amines) is 1. The van der Waals surface area contributed by atoms with Gasteiger partial charge in [-0.1, -0.05) is 12.5 Å². The fraction of sp³-hybridized carbons (Fsp3) is 0.643. The summed E-state index contributed by atoms with van der Waals surface area (Å²) in [6, 6.07) is 3.84. The third-order valence-corrected chi connectivity index (χ3v) is 3.39. The van der Waals surface area contributed by atoms with E-state index in [-0.39, 0.29) is 6.04 Å². The van der Waals surface area contributed by atoms with Crippen LogP contribution in [0.3, 0.4) is 0 Å². The first-order valence-corrected chi connectivity index (χ1v) is 6.83. The summed E-state index contributed by atoms with van der Waals surface area (Å²) in [5.74, 6) is 0.685. The molecule has 2 rings (SSSR count). The smallest absolute Gasteiger partial charge is 0.218 e. The molecule has 100 valence electrons. The third-order valence-electron chi connectivity index (χ3n) is 3.39. The van der Waals surface area contributed by atoms with Crippen molar-refractivity contribution in [1.29, 1.82) is 0 Å². The minimum atomic E-state index is -0.0383. The van der Waals surface area contributed by atoms with Gasteiger partial charge in [0.1, 0.15) is 6.61 Å². The van der Waals surface area contributed by atoms with Gasteiger partial charge in [0.15, 0.2) is 0 Å². The van der Waals surface area contributed by atoms with Crippen LogP contribution in [0.25, 0.3) is 0 Å². The highest BCUT2D eigenvalue weighted by molar-refractivity contribution is 5.28. The molecule has 2 heterocycles. The number of aromatic nitrogens is 1. The maximum absolute atomic E-state index is 5.90. The molecule has 1 aliphatic rings. The molecule has 1 saturated heterocycles. The van der Waals surface area contributed by atoms with Crippen LogP contribution >= 0.6 is 0 Å². The Morgan fingerprint density at radius 1 is 1.39 bits per heavy atom. The molecular formula is C14H23N3O. The number of hydrogen-bond donors (Lipinski definition) is 1. The van der Waals surface area contributed by atoms with Gasteiger partial charge in [-0.2, -0.15) is 0 Å². The predicted molar refractivity (Wildman–Crippen MR) is 72.6 cm³/mol. The molecule has 0 saturated carbocycles. The Kier molecular flexibility index (Phi) is 4.96. The second-order valence-electron chi connectivity index (χ2n) is 4.94. The SMILES string of the molecule is C[C@@H](N)c1cccnc1OCCN1CCCCC1. The highest BCUT2D eigenvalue weighted by Crippen LogP contribution is 2.20. The average molecular weight is 249 g/mol. The molecule has 1 fully saturated rings. The maximum atomic E-state index is 5.90. The zero-order valence-corrected chi connectivity index (χ0v) is 11.1. The highest BCUT2D eigenvalue weighted by atomic mass is 16.5. The van der Waals surface area contributed by atoms with Crippen molar-refractivity contribution in [2.24, 2.45) is 5.73 Å². The Morgan fingerprint density at radius 2 is 2.17 bits per heavy atom. The Morgan fingerprint density at radius 3 is 2.89 bits per heavy atom. The third kappa shape index (κ3) is 3.68. The van der Waals surface area contributed by atoms with E-state index in [4.69, 9.17) is 10.5 Å². The molecule has 0 aliphatic carbocycles. The van der Waals surface area contributed by atoms with Gasteiger partial charge in [-0.05, 0) is 38.9 Å². The Labute approximate surface area is 109 Å². The topological polar surface area (TPSA) is 51.4 Å². The van der Waals surface area contributed by atoms with Crippen LogP contribution in [0.4, 0.5) is 0 Å². The number of nitrogens with zero attached hydrogens (tertiary/aromatic N) is 2. The van der Waals surface area contributed by atoms with Crippen LogP contribution in [0.1, 0.15) is 37.8 Å². The molecule has 1 aromatic rings. The van der Waals surface area contributed by atoms with Crippen molar-refractivity contribution in [3.8, 4) is 5.88 Å². The molecule has 0 spiro atoms. The summed E-state index contributed by atoms with van der Waals surface area (Å²) in [6.45, 7) is 6.03. The lowest BCUT2D eigenvalue weighted by Gasteiger charge is -2.26. The summed E-state index contributed by atoms with van der Waals surface area (Å²) in [4.78, 5) is 6.72. The summed E-state index contributed by atoms with van der Waals surface area (Å²) in [6.07, 6.45) is 5.75. The molecule has 4 nitrogen and oxygen atoms in total. The van der Waals surface area contributed by atoms with Crippen LogP contribution in [0.5, 0.6) is 5.88 Å². The largest absolute Gasteiger partial charge is 0.476 e. The van der Waals surface area contributed by atoms with E-state index in [9.17, 15) is 0 Å². The number of ether oxygens (including phenoxy) is 1. The van der Waals surface area contributed by atoms with Gasteiger partial charge in [0, 0.05) is 24.3 Å². The van der Waals surface area contributed by atoms with E-state index >= 15 is 0 Å². The van der Waals surface area contributed by atoms with Crippen molar-refractivity contribution >= 4 is 0 Å². The van der Waals surface area contributed by atoms with Gasteiger partial charge in [0.05, 0.1) is 0 Å². The molecule has 4 heteroatoms. The fourth-order valence-corrected chi connectivity index (χ4v) is 2.32. The van der Waals surface area contributed by atoms with Crippen molar-refractivity contribution in [2.75, 3.05) is 26.2 Å². The first kappa shape index (κ1) is 13.3. The van der Waals surface area contributed by atoms with Gasteiger partial charge in [-0.15, -0.1) is 0 Å². The van der Waals surface area contributed by atoms with Crippen molar-refractivity contribution in [2.45, 2.75) is 32.2 Å². The predicted octanol–water partition coefficient (Wildman–Crippen LogP) is 1.97.